The van der Waals surface area contributed by atoms with E-state index in [-0.39, 0.29) is 0 Å². The summed E-state index contributed by atoms with van der Waals surface area (Å²) in [5.74, 6) is 0. The van der Waals surface area contributed by atoms with Gasteiger partial charge >= 0.3 is 0 Å². The van der Waals surface area contributed by atoms with E-state index in [9.17, 15) is 0 Å². The van der Waals surface area contributed by atoms with Gasteiger partial charge in [-0.25, -0.2) is 0 Å². The van der Waals surface area contributed by atoms with Gasteiger partial charge in [-0.15, -0.1) is 0 Å². The number of rotatable bonds is 3. The molecule has 76 valence electrons. The summed E-state index contributed by atoms with van der Waals surface area (Å²) < 4.78 is 0. The maximum atomic E-state index is 2.23. The van der Waals surface area contributed by atoms with E-state index in [0.29, 0.717) is 0 Å². The molecule has 0 fully saturated rings. The van der Waals surface area contributed by atoms with Crippen LogP contribution in [0.5, 0.6) is 0 Å². The van der Waals surface area contributed by atoms with E-state index in [1.165, 1.54) is 23.1 Å². The molecule has 0 heteroatoms. The normalized spacial score (nSPS) is 10.2. The molecule has 0 bridgehead atoms. The van der Waals surface area contributed by atoms with Gasteiger partial charge in [0.05, 0.1) is 0 Å². The van der Waals surface area contributed by atoms with Crippen LogP contribution in [-0.2, 0) is 6.42 Å². The molecule has 2 aromatic carbocycles. The number of hydrogen-bond acceptors (Lipinski definition) is 0. The molecule has 0 aliphatic rings. The van der Waals surface area contributed by atoms with Gasteiger partial charge in [0.1, 0.15) is 0 Å². The van der Waals surface area contributed by atoms with Gasteiger partial charge in [-0.1, -0.05) is 67.9 Å². The summed E-state index contributed by atoms with van der Waals surface area (Å²) in [6, 6.07) is 19.3. The zero-order chi connectivity index (χ0) is 10.5. The van der Waals surface area contributed by atoms with Crippen LogP contribution in [0.3, 0.4) is 0 Å². The second kappa shape index (κ2) is 4.79. The second-order valence-electron chi connectivity index (χ2n) is 3.77. The Morgan fingerprint density at radius 1 is 0.800 bits per heavy atom. The van der Waals surface area contributed by atoms with Crippen LogP contribution in [0.25, 0.3) is 11.1 Å². The molecule has 0 nitrogen and oxygen atoms in total. The fraction of sp³-hybridized carbons (Fsp3) is 0.200. The molecule has 0 aliphatic carbocycles. The average Bonchev–Trinajstić information content (AvgIpc) is 2.31. The molecule has 2 rings (SSSR count). The fourth-order valence-electron chi connectivity index (χ4n) is 1.91. The van der Waals surface area contributed by atoms with Crippen molar-refractivity contribution in [2.45, 2.75) is 19.8 Å². The Hall–Kier alpha value is -1.56. The summed E-state index contributed by atoms with van der Waals surface area (Å²) in [6.07, 6.45) is 2.36. The average molecular weight is 196 g/mol. The zero-order valence-corrected chi connectivity index (χ0v) is 9.11. The molecule has 0 radical (unpaired) electrons. The first-order chi connectivity index (χ1) is 7.42. The smallest absolute Gasteiger partial charge is 0.0152 e. The summed E-state index contributed by atoms with van der Waals surface area (Å²) in [5, 5.41) is 0. The molecule has 15 heavy (non-hydrogen) atoms. The van der Waals surface area contributed by atoms with Gasteiger partial charge in [0.25, 0.3) is 0 Å². The minimum atomic E-state index is 1.16. The van der Waals surface area contributed by atoms with E-state index in [2.05, 4.69) is 61.5 Å². The first-order valence-electron chi connectivity index (χ1n) is 5.55. The van der Waals surface area contributed by atoms with Gasteiger partial charge in [-0.3, -0.25) is 0 Å². The van der Waals surface area contributed by atoms with Crippen molar-refractivity contribution in [2.24, 2.45) is 0 Å². The highest BCUT2D eigenvalue weighted by atomic mass is 14.1. The van der Waals surface area contributed by atoms with Crippen LogP contribution in [0, 0.1) is 0 Å². The van der Waals surface area contributed by atoms with Crippen molar-refractivity contribution in [3.05, 3.63) is 60.2 Å². The van der Waals surface area contributed by atoms with Crippen molar-refractivity contribution in [3.8, 4) is 11.1 Å². The van der Waals surface area contributed by atoms with E-state index in [1.54, 1.807) is 0 Å². The van der Waals surface area contributed by atoms with E-state index < -0.39 is 0 Å². The minimum Gasteiger partial charge on any atom is -0.0651 e. The van der Waals surface area contributed by atoms with Crippen LogP contribution in [-0.4, -0.2) is 0 Å². The van der Waals surface area contributed by atoms with Gasteiger partial charge in [-0.2, -0.15) is 0 Å². The van der Waals surface area contributed by atoms with Crippen molar-refractivity contribution in [1.29, 1.82) is 0 Å². The lowest BCUT2D eigenvalue weighted by Gasteiger charge is -2.08. The maximum absolute atomic E-state index is 2.23. The summed E-state index contributed by atoms with van der Waals surface area (Å²) >= 11 is 0. The van der Waals surface area contributed by atoms with Gasteiger partial charge in [0, 0.05) is 0 Å². The lowest BCUT2D eigenvalue weighted by molar-refractivity contribution is 0.923. The van der Waals surface area contributed by atoms with Gasteiger partial charge in [0.2, 0.25) is 0 Å². The monoisotopic (exact) mass is 196 g/mol. The number of hydrogen-bond donors (Lipinski definition) is 0. The summed E-state index contributed by atoms with van der Waals surface area (Å²) in [5.41, 5.74) is 4.15. The molecule has 2 aromatic rings. The third kappa shape index (κ3) is 2.27. The zero-order valence-electron chi connectivity index (χ0n) is 9.11. The predicted octanol–water partition coefficient (Wildman–Crippen LogP) is 4.31. The fourth-order valence-corrected chi connectivity index (χ4v) is 1.91. The highest BCUT2D eigenvalue weighted by Gasteiger charge is 2.01. The summed E-state index contributed by atoms with van der Waals surface area (Å²) in [7, 11) is 0. The highest BCUT2D eigenvalue weighted by Crippen LogP contribution is 2.24. The molecule has 0 spiro atoms. The molecular formula is C15H16. The maximum Gasteiger partial charge on any atom is -0.0152 e. The minimum absolute atomic E-state index is 1.16. The topological polar surface area (TPSA) is 0 Å². The predicted molar refractivity (Wildman–Crippen MR) is 65.9 cm³/mol. The Bertz CT molecular complexity index is 415. The summed E-state index contributed by atoms with van der Waals surface area (Å²) in [4.78, 5) is 0. The molecule has 0 amide bonds. The second-order valence-corrected chi connectivity index (χ2v) is 3.77. The highest BCUT2D eigenvalue weighted by molar-refractivity contribution is 5.67. The molecule has 0 heterocycles. The molecule has 0 N–H and O–H groups in total. The number of benzene rings is 2. The van der Waals surface area contributed by atoms with Crippen LogP contribution in [0.1, 0.15) is 18.9 Å². The van der Waals surface area contributed by atoms with Crippen LogP contribution >= 0.6 is 0 Å². The van der Waals surface area contributed by atoms with Gasteiger partial charge in [0.15, 0.2) is 0 Å². The molecule has 0 aromatic heterocycles. The lowest BCUT2D eigenvalue weighted by Crippen LogP contribution is -1.88. The van der Waals surface area contributed by atoms with Crippen molar-refractivity contribution < 1.29 is 0 Å². The quantitative estimate of drug-likeness (QED) is 0.686. The van der Waals surface area contributed by atoms with Crippen molar-refractivity contribution in [2.75, 3.05) is 0 Å². The molecule has 0 atom stereocenters. The van der Waals surface area contributed by atoms with Crippen LogP contribution < -0.4 is 0 Å². The molecule has 0 saturated heterocycles. The largest absolute Gasteiger partial charge is 0.0651 e. The SMILES string of the molecule is CCCc1ccccc1-c1ccccc1. The third-order valence-corrected chi connectivity index (χ3v) is 2.62. The Morgan fingerprint density at radius 3 is 2.20 bits per heavy atom. The van der Waals surface area contributed by atoms with Gasteiger partial charge < -0.3 is 0 Å². The van der Waals surface area contributed by atoms with Crippen molar-refractivity contribution in [1.82, 2.24) is 0 Å². The third-order valence-electron chi connectivity index (χ3n) is 2.62. The van der Waals surface area contributed by atoms with E-state index in [0.717, 1.165) is 6.42 Å². The first kappa shape index (κ1) is 9.97. The van der Waals surface area contributed by atoms with E-state index in [4.69, 9.17) is 0 Å². The Labute approximate surface area is 91.6 Å². The Kier molecular flexibility index (Phi) is 3.18. The van der Waals surface area contributed by atoms with Crippen LogP contribution in [0.2, 0.25) is 0 Å². The van der Waals surface area contributed by atoms with E-state index >= 15 is 0 Å². The van der Waals surface area contributed by atoms with Crippen LogP contribution in [0.4, 0.5) is 0 Å². The number of aryl methyl sites for hydroxylation is 1. The Balaban J connectivity index is 2.43. The molecule has 0 saturated carbocycles. The standard InChI is InChI=1S/C15H16/c1-2-8-13-11-6-7-12-15(13)14-9-4-3-5-10-14/h3-7,9-12H,2,8H2,1H3. The van der Waals surface area contributed by atoms with E-state index in [1.807, 2.05) is 0 Å². The van der Waals surface area contributed by atoms with Crippen molar-refractivity contribution in [3.63, 3.8) is 0 Å². The summed E-state index contributed by atoms with van der Waals surface area (Å²) in [6.45, 7) is 2.22. The first-order valence-corrected chi connectivity index (χ1v) is 5.55. The lowest BCUT2D eigenvalue weighted by atomic mass is 9.97. The van der Waals surface area contributed by atoms with Gasteiger partial charge in [-0.05, 0) is 23.1 Å². The molecule has 0 aliphatic heterocycles. The molecular weight excluding hydrogens is 180 g/mol. The Morgan fingerprint density at radius 2 is 1.47 bits per heavy atom. The van der Waals surface area contributed by atoms with Crippen molar-refractivity contribution >= 4 is 0 Å². The van der Waals surface area contributed by atoms with Crippen LogP contribution in [0.15, 0.2) is 54.6 Å². The molecule has 0 unspecified atom stereocenters.